The number of fused-ring (bicyclic) bond motifs is 1. The highest BCUT2D eigenvalue weighted by atomic mass is 32.2. The quantitative estimate of drug-likeness (QED) is 0.255. The SMILES string of the molecule is CCC(C)N1C(=O)C(=Cc2cn(-c3ccccc3)nc2-c2nc3ccccc3s2)SC1=S. The summed E-state index contributed by atoms with van der Waals surface area (Å²) in [5, 5.41) is 5.68. The van der Waals surface area contributed by atoms with Crippen LogP contribution < -0.4 is 0 Å². The van der Waals surface area contributed by atoms with Gasteiger partial charge in [0.2, 0.25) is 0 Å². The van der Waals surface area contributed by atoms with Gasteiger partial charge in [0, 0.05) is 17.8 Å². The third-order valence-corrected chi connectivity index (χ3v) is 7.77. The van der Waals surface area contributed by atoms with Gasteiger partial charge in [-0.25, -0.2) is 9.67 Å². The molecule has 160 valence electrons. The first-order chi connectivity index (χ1) is 15.5. The molecule has 0 bridgehead atoms. The Balaban J connectivity index is 1.62. The van der Waals surface area contributed by atoms with Crippen molar-refractivity contribution < 1.29 is 4.79 Å². The molecule has 32 heavy (non-hydrogen) atoms. The van der Waals surface area contributed by atoms with Crippen LogP contribution in [0.2, 0.25) is 0 Å². The van der Waals surface area contributed by atoms with Crippen LogP contribution in [-0.2, 0) is 4.79 Å². The third kappa shape index (κ3) is 3.79. The van der Waals surface area contributed by atoms with Crippen LogP contribution in [0.5, 0.6) is 0 Å². The number of carbonyl (C=O) groups is 1. The van der Waals surface area contributed by atoms with Crippen molar-refractivity contribution in [3.05, 3.63) is 71.3 Å². The zero-order chi connectivity index (χ0) is 22.2. The highest BCUT2D eigenvalue weighted by Crippen LogP contribution is 2.37. The Morgan fingerprint density at radius 3 is 2.62 bits per heavy atom. The van der Waals surface area contributed by atoms with Crippen LogP contribution in [0.4, 0.5) is 0 Å². The van der Waals surface area contributed by atoms with Gasteiger partial charge in [0.1, 0.15) is 15.0 Å². The molecule has 1 amide bonds. The Morgan fingerprint density at radius 2 is 1.88 bits per heavy atom. The van der Waals surface area contributed by atoms with Gasteiger partial charge in [-0.05, 0) is 43.7 Å². The van der Waals surface area contributed by atoms with Gasteiger partial charge in [0.05, 0.1) is 20.8 Å². The van der Waals surface area contributed by atoms with Crippen molar-refractivity contribution >= 4 is 61.8 Å². The summed E-state index contributed by atoms with van der Waals surface area (Å²) in [7, 11) is 0. The molecule has 1 saturated heterocycles. The van der Waals surface area contributed by atoms with Gasteiger partial charge in [-0.3, -0.25) is 9.69 Å². The minimum Gasteiger partial charge on any atom is -0.290 e. The summed E-state index contributed by atoms with van der Waals surface area (Å²) in [6, 6.07) is 18.1. The van der Waals surface area contributed by atoms with Gasteiger partial charge in [0.15, 0.2) is 0 Å². The molecule has 1 aliphatic heterocycles. The van der Waals surface area contributed by atoms with Crippen molar-refractivity contribution in [3.63, 3.8) is 0 Å². The molecule has 3 heterocycles. The molecule has 1 atom stereocenters. The van der Waals surface area contributed by atoms with Crippen LogP contribution in [0, 0.1) is 0 Å². The van der Waals surface area contributed by atoms with Crippen LogP contribution in [0.25, 0.3) is 32.7 Å². The smallest absolute Gasteiger partial charge is 0.266 e. The fourth-order valence-corrected chi connectivity index (χ4v) is 5.95. The summed E-state index contributed by atoms with van der Waals surface area (Å²) in [5.41, 5.74) is 3.49. The maximum atomic E-state index is 13.1. The second kappa shape index (κ2) is 8.61. The molecule has 2 aromatic heterocycles. The van der Waals surface area contributed by atoms with Gasteiger partial charge < -0.3 is 0 Å². The van der Waals surface area contributed by atoms with E-state index in [2.05, 4.69) is 13.0 Å². The average molecular weight is 477 g/mol. The van der Waals surface area contributed by atoms with Crippen LogP contribution in [0.15, 0.2) is 65.7 Å². The van der Waals surface area contributed by atoms with Crippen molar-refractivity contribution in [2.75, 3.05) is 0 Å². The molecule has 0 spiro atoms. The van der Waals surface area contributed by atoms with Crippen molar-refractivity contribution in [3.8, 4) is 16.4 Å². The van der Waals surface area contributed by atoms with E-state index in [9.17, 15) is 4.79 Å². The van der Waals surface area contributed by atoms with Crippen LogP contribution in [0.3, 0.4) is 0 Å². The summed E-state index contributed by atoms with van der Waals surface area (Å²) < 4.78 is 3.54. The molecule has 1 fully saturated rings. The summed E-state index contributed by atoms with van der Waals surface area (Å²) in [6.07, 6.45) is 4.70. The predicted octanol–water partition coefficient (Wildman–Crippen LogP) is 6.15. The van der Waals surface area contributed by atoms with E-state index in [1.54, 1.807) is 16.2 Å². The number of para-hydroxylation sites is 2. The summed E-state index contributed by atoms with van der Waals surface area (Å²) >= 11 is 8.45. The predicted molar refractivity (Wildman–Crippen MR) is 137 cm³/mol. The molecule has 2 aromatic carbocycles. The lowest BCUT2D eigenvalue weighted by atomic mass is 10.2. The molecule has 5 nitrogen and oxygen atoms in total. The van der Waals surface area contributed by atoms with E-state index in [4.69, 9.17) is 22.3 Å². The molecule has 1 aliphatic rings. The fraction of sp³-hybridized carbons (Fsp3) is 0.167. The van der Waals surface area contributed by atoms with Gasteiger partial charge >= 0.3 is 0 Å². The summed E-state index contributed by atoms with van der Waals surface area (Å²) in [5.74, 6) is -0.0444. The number of benzene rings is 2. The summed E-state index contributed by atoms with van der Waals surface area (Å²) in [4.78, 5) is 20.2. The number of nitrogens with zero attached hydrogens (tertiary/aromatic N) is 4. The van der Waals surface area contributed by atoms with Crippen LogP contribution >= 0.6 is 35.3 Å². The molecular weight excluding hydrogens is 456 g/mol. The number of amides is 1. The number of rotatable bonds is 5. The Bertz CT molecular complexity index is 1320. The highest BCUT2D eigenvalue weighted by molar-refractivity contribution is 8.26. The Kier molecular flexibility index (Phi) is 5.67. The normalized spacial score (nSPS) is 16.4. The third-order valence-electron chi connectivity index (χ3n) is 5.40. The lowest BCUT2D eigenvalue weighted by Gasteiger charge is -2.21. The molecule has 0 saturated carbocycles. The van der Waals surface area contributed by atoms with Crippen molar-refractivity contribution in [1.29, 1.82) is 0 Å². The zero-order valence-corrected chi connectivity index (χ0v) is 20.0. The van der Waals surface area contributed by atoms with Crippen LogP contribution in [-0.4, -0.2) is 35.9 Å². The maximum Gasteiger partial charge on any atom is 0.266 e. The summed E-state index contributed by atoms with van der Waals surface area (Å²) in [6.45, 7) is 4.08. The minimum absolute atomic E-state index is 0.0444. The average Bonchev–Trinajstić information content (AvgIpc) is 3.49. The molecule has 8 heteroatoms. The lowest BCUT2D eigenvalue weighted by Crippen LogP contribution is -2.36. The number of thiazole rings is 1. The standard InChI is InChI=1S/C24H20N4OS3/c1-3-15(2)28-23(29)20(32-24(28)30)13-16-14-27(17-9-5-4-6-10-17)26-21(16)22-25-18-11-7-8-12-19(18)31-22/h4-15H,3H2,1-2H3. The first-order valence-electron chi connectivity index (χ1n) is 10.3. The zero-order valence-electron chi connectivity index (χ0n) is 17.6. The number of aromatic nitrogens is 3. The molecule has 0 aliphatic carbocycles. The van der Waals surface area contributed by atoms with Gasteiger partial charge in [-0.1, -0.05) is 61.2 Å². The monoisotopic (exact) mass is 476 g/mol. The number of carbonyl (C=O) groups excluding carboxylic acids is 1. The van der Waals surface area contributed by atoms with Gasteiger partial charge in [-0.2, -0.15) is 5.10 Å². The second-order valence-electron chi connectivity index (χ2n) is 7.51. The van der Waals surface area contributed by atoms with E-state index in [1.165, 1.54) is 11.8 Å². The van der Waals surface area contributed by atoms with Gasteiger partial charge in [-0.15, -0.1) is 11.3 Å². The Labute approximate surface area is 199 Å². The minimum atomic E-state index is -0.0444. The molecule has 0 radical (unpaired) electrons. The van der Waals surface area contributed by atoms with Crippen molar-refractivity contribution in [2.24, 2.45) is 0 Å². The van der Waals surface area contributed by atoms with Gasteiger partial charge in [0.25, 0.3) is 5.91 Å². The van der Waals surface area contributed by atoms with E-state index >= 15 is 0 Å². The number of hydrogen-bond acceptors (Lipinski definition) is 6. The molecule has 1 unspecified atom stereocenters. The highest BCUT2D eigenvalue weighted by Gasteiger charge is 2.35. The van der Waals surface area contributed by atoms with Crippen molar-refractivity contribution in [2.45, 2.75) is 26.3 Å². The molecule has 0 N–H and O–H groups in total. The largest absolute Gasteiger partial charge is 0.290 e. The van der Waals surface area contributed by atoms with E-state index in [1.807, 2.05) is 72.4 Å². The van der Waals surface area contributed by atoms with E-state index in [-0.39, 0.29) is 11.9 Å². The first-order valence-corrected chi connectivity index (χ1v) is 12.4. The fourth-order valence-electron chi connectivity index (χ4n) is 3.53. The first kappa shape index (κ1) is 21.1. The molecule has 5 rings (SSSR count). The van der Waals surface area contributed by atoms with E-state index in [0.717, 1.165) is 38.6 Å². The van der Waals surface area contributed by atoms with Crippen molar-refractivity contribution in [1.82, 2.24) is 19.7 Å². The van der Waals surface area contributed by atoms with Crippen LogP contribution in [0.1, 0.15) is 25.8 Å². The number of thiocarbonyl (C=S) groups is 1. The molecular formula is C24H20N4OS3. The second-order valence-corrected chi connectivity index (χ2v) is 10.2. The Hall–Kier alpha value is -2.81. The van der Waals surface area contributed by atoms with E-state index < -0.39 is 0 Å². The molecule has 4 aromatic rings. The topological polar surface area (TPSA) is 51.0 Å². The number of thioether (sulfide) groups is 1. The lowest BCUT2D eigenvalue weighted by molar-refractivity contribution is -0.123. The Morgan fingerprint density at radius 1 is 1.12 bits per heavy atom. The maximum absolute atomic E-state index is 13.1. The number of hydrogen-bond donors (Lipinski definition) is 0. The van der Waals surface area contributed by atoms with E-state index in [0.29, 0.717) is 9.23 Å².